The zero-order valence-corrected chi connectivity index (χ0v) is 16.8. The lowest BCUT2D eigenvalue weighted by Gasteiger charge is -2.06. The summed E-state index contributed by atoms with van der Waals surface area (Å²) in [6.45, 7) is 5.72. The smallest absolute Gasteiger partial charge is 0.168 e. The molecule has 0 saturated heterocycles. The first-order valence-corrected chi connectivity index (χ1v) is 9.89. The van der Waals surface area contributed by atoms with Gasteiger partial charge in [-0.3, -0.25) is 4.68 Å². The molecule has 4 heterocycles. The van der Waals surface area contributed by atoms with E-state index in [-0.39, 0.29) is 0 Å². The molecule has 0 bridgehead atoms. The molecule has 0 N–H and O–H groups in total. The predicted molar refractivity (Wildman–Crippen MR) is 103 cm³/mol. The molecule has 9 nitrogen and oxygen atoms in total. The lowest BCUT2D eigenvalue weighted by Crippen LogP contribution is -2.06. The van der Waals surface area contributed by atoms with Crippen molar-refractivity contribution >= 4 is 11.3 Å². The quantitative estimate of drug-likeness (QED) is 0.525. The van der Waals surface area contributed by atoms with Gasteiger partial charge in [-0.1, -0.05) is 11.3 Å². The molecule has 1 aliphatic carbocycles. The Morgan fingerprint density at radius 1 is 1.00 bits per heavy atom. The van der Waals surface area contributed by atoms with Crippen LogP contribution in [0.4, 0.5) is 0 Å². The van der Waals surface area contributed by atoms with E-state index in [9.17, 15) is 0 Å². The Labute approximate surface area is 165 Å². The first kappa shape index (κ1) is 17.1. The van der Waals surface area contributed by atoms with E-state index in [1.165, 1.54) is 0 Å². The number of aryl methyl sites for hydroxylation is 4. The second-order valence-electron chi connectivity index (χ2n) is 7.09. The Morgan fingerprint density at radius 2 is 1.86 bits per heavy atom. The summed E-state index contributed by atoms with van der Waals surface area (Å²) in [4.78, 5) is 13.6. The van der Waals surface area contributed by atoms with Gasteiger partial charge < -0.3 is 0 Å². The van der Waals surface area contributed by atoms with Gasteiger partial charge in [0.15, 0.2) is 10.8 Å². The van der Waals surface area contributed by atoms with Gasteiger partial charge in [-0.15, -0.1) is 15.3 Å². The molecule has 0 aromatic carbocycles. The molecule has 4 aromatic heterocycles. The second-order valence-corrected chi connectivity index (χ2v) is 8.09. The average Bonchev–Trinajstić information content (AvgIpc) is 2.95. The molecule has 28 heavy (non-hydrogen) atoms. The molecule has 0 spiro atoms. The largest absolute Gasteiger partial charge is 0.275 e. The fourth-order valence-electron chi connectivity index (χ4n) is 3.42. The molecule has 5 rings (SSSR count). The van der Waals surface area contributed by atoms with E-state index in [2.05, 4.69) is 35.3 Å². The van der Waals surface area contributed by atoms with Crippen molar-refractivity contribution in [3.05, 3.63) is 46.5 Å². The molecule has 4 aromatic rings. The predicted octanol–water partition coefficient (Wildman–Crippen LogP) is 2.51. The number of aromatic nitrogens is 9. The lowest BCUT2D eigenvalue weighted by molar-refractivity contribution is 0.770. The number of rotatable bonds is 4. The van der Waals surface area contributed by atoms with Crippen molar-refractivity contribution in [2.45, 2.75) is 39.0 Å². The maximum absolute atomic E-state index is 4.67. The highest BCUT2D eigenvalue weighted by molar-refractivity contribution is 7.14. The summed E-state index contributed by atoms with van der Waals surface area (Å²) in [6.07, 6.45) is 2.93. The van der Waals surface area contributed by atoms with Gasteiger partial charge in [-0.25, -0.2) is 15.0 Å². The minimum absolute atomic E-state index is 0.329. The van der Waals surface area contributed by atoms with Crippen LogP contribution in [0.1, 0.15) is 46.4 Å². The van der Waals surface area contributed by atoms with E-state index in [0.717, 1.165) is 51.1 Å². The van der Waals surface area contributed by atoms with E-state index >= 15 is 0 Å². The van der Waals surface area contributed by atoms with Crippen molar-refractivity contribution in [2.75, 3.05) is 0 Å². The van der Waals surface area contributed by atoms with E-state index in [1.54, 1.807) is 20.7 Å². The van der Waals surface area contributed by atoms with Crippen molar-refractivity contribution in [3.8, 4) is 16.5 Å². The molecular weight excluding hydrogens is 374 g/mol. The van der Waals surface area contributed by atoms with Crippen molar-refractivity contribution < 1.29 is 0 Å². The molecular formula is C18H19N9S. The highest BCUT2D eigenvalue weighted by atomic mass is 32.1. The maximum Gasteiger partial charge on any atom is 0.168 e. The van der Waals surface area contributed by atoms with E-state index in [0.29, 0.717) is 11.8 Å². The maximum atomic E-state index is 4.67. The number of hydrogen-bond acceptors (Lipinski definition) is 8. The molecule has 0 aliphatic heterocycles. The van der Waals surface area contributed by atoms with E-state index in [4.69, 9.17) is 0 Å². The van der Waals surface area contributed by atoms with E-state index in [1.807, 2.05) is 46.1 Å². The van der Waals surface area contributed by atoms with Crippen LogP contribution in [0.5, 0.6) is 0 Å². The van der Waals surface area contributed by atoms with Crippen LogP contribution in [-0.4, -0.2) is 44.7 Å². The first-order chi connectivity index (χ1) is 13.5. The van der Waals surface area contributed by atoms with Crippen molar-refractivity contribution in [2.24, 2.45) is 7.05 Å². The van der Waals surface area contributed by atoms with Crippen LogP contribution in [-0.2, 0) is 7.05 Å². The fourth-order valence-corrected chi connectivity index (χ4v) is 4.41. The van der Waals surface area contributed by atoms with Crippen molar-refractivity contribution in [1.29, 1.82) is 0 Å². The second kappa shape index (κ2) is 6.26. The van der Waals surface area contributed by atoms with E-state index < -0.39 is 0 Å². The Morgan fingerprint density at radius 3 is 2.57 bits per heavy atom. The summed E-state index contributed by atoms with van der Waals surface area (Å²) in [7, 11) is 1.90. The Balaban J connectivity index is 1.41. The molecule has 1 saturated carbocycles. The number of hydrogen-bond donors (Lipinski definition) is 0. The Bertz CT molecular complexity index is 1170. The van der Waals surface area contributed by atoms with Crippen LogP contribution in [0.25, 0.3) is 16.5 Å². The van der Waals surface area contributed by atoms with Gasteiger partial charge in [-0.2, -0.15) is 9.78 Å². The molecule has 1 aliphatic rings. The number of nitrogens with zero attached hydrogens (tertiary/aromatic N) is 9. The third-order valence-corrected chi connectivity index (χ3v) is 5.87. The van der Waals surface area contributed by atoms with Gasteiger partial charge >= 0.3 is 0 Å². The summed E-state index contributed by atoms with van der Waals surface area (Å²) in [6, 6.07) is 3.97. The Kier molecular flexibility index (Phi) is 3.83. The zero-order chi connectivity index (χ0) is 19.4. The van der Waals surface area contributed by atoms with Crippen LogP contribution < -0.4 is 0 Å². The van der Waals surface area contributed by atoms with Crippen LogP contribution >= 0.6 is 11.3 Å². The fraction of sp³-hybridized carbons (Fsp3) is 0.389. The molecule has 2 atom stereocenters. The van der Waals surface area contributed by atoms with Gasteiger partial charge in [-0.05, 0) is 33.3 Å². The third kappa shape index (κ3) is 2.99. The third-order valence-electron chi connectivity index (χ3n) is 4.80. The summed E-state index contributed by atoms with van der Waals surface area (Å²) >= 11 is 1.61. The monoisotopic (exact) mass is 393 g/mol. The first-order valence-electron chi connectivity index (χ1n) is 9.07. The van der Waals surface area contributed by atoms with Gasteiger partial charge in [0.2, 0.25) is 0 Å². The van der Waals surface area contributed by atoms with Gasteiger partial charge in [0, 0.05) is 31.1 Å². The normalized spacial score (nSPS) is 18.6. The molecule has 1 fully saturated rings. The summed E-state index contributed by atoms with van der Waals surface area (Å²) in [5, 5.41) is 19.5. The SMILES string of the molecule is Cc1nc([C@H]2C[C@@H]2c2nnc(-c3ccn(C)n3)s2)cc(-n2nc(C)nc2C)n1. The van der Waals surface area contributed by atoms with Crippen LogP contribution in [0.2, 0.25) is 0 Å². The summed E-state index contributed by atoms with van der Waals surface area (Å²) in [5.74, 6) is 3.72. The van der Waals surface area contributed by atoms with Crippen LogP contribution in [0, 0.1) is 20.8 Å². The highest BCUT2D eigenvalue weighted by Crippen LogP contribution is 2.55. The van der Waals surface area contributed by atoms with Crippen LogP contribution in [0.3, 0.4) is 0 Å². The molecule has 10 heteroatoms. The summed E-state index contributed by atoms with van der Waals surface area (Å²) < 4.78 is 3.55. The molecule has 0 unspecified atom stereocenters. The van der Waals surface area contributed by atoms with Crippen molar-refractivity contribution in [1.82, 2.24) is 44.7 Å². The zero-order valence-electron chi connectivity index (χ0n) is 16.0. The Hall–Kier alpha value is -3.01. The topological polar surface area (TPSA) is 100 Å². The molecule has 0 amide bonds. The lowest BCUT2D eigenvalue weighted by atomic mass is 10.2. The standard InChI is InChI=1S/C18H19N9S/c1-9-20-15(8-16(21-9)27-11(3)19-10(2)24-27)12-7-13(12)17-22-23-18(28-17)14-5-6-26(4)25-14/h5-6,8,12-13H,7H2,1-4H3/t12-,13-/m0/s1. The van der Waals surface area contributed by atoms with Gasteiger partial charge in [0.25, 0.3) is 0 Å². The minimum atomic E-state index is 0.329. The molecule has 142 valence electrons. The minimum Gasteiger partial charge on any atom is -0.275 e. The van der Waals surface area contributed by atoms with Gasteiger partial charge in [0.05, 0.1) is 5.69 Å². The van der Waals surface area contributed by atoms with Gasteiger partial charge in [0.1, 0.15) is 28.2 Å². The highest BCUT2D eigenvalue weighted by Gasteiger charge is 2.43. The molecule has 0 radical (unpaired) electrons. The average molecular weight is 393 g/mol. The van der Waals surface area contributed by atoms with Crippen LogP contribution in [0.15, 0.2) is 18.3 Å². The summed E-state index contributed by atoms with van der Waals surface area (Å²) in [5.41, 5.74) is 1.88. The van der Waals surface area contributed by atoms with Crippen molar-refractivity contribution in [3.63, 3.8) is 0 Å².